The van der Waals surface area contributed by atoms with Crippen LogP contribution in [0.4, 0.5) is 0 Å². The lowest BCUT2D eigenvalue weighted by molar-refractivity contribution is -0.130. The van der Waals surface area contributed by atoms with Crippen molar-refractivity contribution in [2.45, 2.75) is 45.4 Å². The molecule has 1 amide bonds. The summed E-state index contributed by atoms with van der Waals surface area (Å²) in [5.41, 5.74) is 1.83. The van der Waals surface area contributed by atoms with E-state index in [1.807, 2.05) is 62.4 Å². The molecule has 156 valence electrons. The van der Waals surface area contributed by atoms with Gasteiger partial charge in [0.2, 0.25) is 17.6 Å². The molecule has 1 saturated heterocycles. The van der Waals surface area contributed by atoms with Crippen LogP contribution in [-0.2, 0) is 11.3 Å². The maximum Gasteiger partial charge on any atom is 0.249 e. The van der Waals surface area contributed by atoms with Gasteiger partial charge in [-0.05, 0) is 62.2 Å². The van der Waals surface area contributed by atoms with Crippen LogP contribution in [0.25, 0.3) is 11.4 Å². The van der Waals surface area contributed by atoms with Gasteiger partial charge < -0.3 is 18.9 Å². The van der Waals surface area contributed by atoms with Crippen molar-refractivity contribution in [3.05, 3.63) is 60.0 Å². The largest absolute Gasteiger partial charge is 0.497 e. The van der Waals surface area contributed by atoms with E-state index in [4.69, 9.17) is 14.0 Å². The molecule has 2 heterocycles. The van der Waals surface area contributed by atoms with Gasteiger partial charge in [-0.1, -0.05) is 17.3 Å². The predicted octanol–water partition coefficient (Wildman–Crippen LogP) is 4.40. The highest BCUT2D eigenvalue weighted by molar-refractivity contribution is 5.78. The van der Waals surface area contributed by atoms with Crippen LogP contribution in [0.2, 0.25) is 0 Å². The Morgan fingerprint density at radius 1 is 1.17 bits per heavy atom. The molecule has 0 N–H and O–H groups in total. The average molecular weight is 407 g/mol. The summed E-state index contributed by atoms with van der Waals surface area (Å²) in [6, 6.07) is 15.1. The van der Waals surface area contributed by atoms with Gasteiger partial charge in [0.1, 0.15) is 17.5 Å². The number of benzene rings is 2. The summed E-state index contributed by atoms with van der Waals surface area (Å²) < 4.78 is 16.5. The minimum atomic E-state index is -0.228. The van der Waals surface area contributed by atoms with E-state index in [0.29, 0.717) is 31.1 Å². The summed E-state index contributed by atoms with van der Waals surface area (Å²) in [7, 11) is 1.63. The van der Waals surface area contributed by atoms with Gasteiger partial charge in [0, 0.05) is 18.5 Å². The van der Waals surface area contributed by atoms with Crippen molar-refractivity contribution in [1.29, 1.82) is 0 Å². The van der Waals surface area contributed by atoms with E-state index in [-0.39, 0.29) is 18.1 Å². The topological polar surface area (TPSA) is 77.7 Å². The monoisotopic (exact) mass is 407 g/mol. The summed E-state index contributed by atoms with van der Waals surface area (Å²) in [6.07, 6.45) is 1.24. The summed E-state index contributed by atoms with van der Waals surface area (Å²) in [5.74, 6) is 2.60. The fourth-order valence-corrected chi connectivity index (χ4v) is 3.60. The lowest BCUT2D eigenvalue weighted by atomic mass is 10.1. The number of carbonyl (C=O) groups is 1. The zero-order valence-corrected chi connectivity index (χ0v) is 17.4. The minimum absolute atomic E-state index is 0.0813. The predicted molar refractivity (Wildman–Crippen MR) is 111 cm³/mol. The first kappa shape index (κ1) is 19.9. The number of amides is 1. The first-order valence-electron chi connectivity index (χ1n) is 10.1. The van der Waals surface area contributed by atoms with Crippen molar-refractivity contribution >= 4 is 5.91 Å². The summed E-state index contributed by atoms with van der Waals surface area (Å²) in [4.78, 5) is 18.9. The van der Waals surface area contributed by atoms with Crippen molar-refractivity contribution in [2.24, 2.45) is 0 Å². The highest BCUT2D eigenvalue weighted by atomic mass is 16.5. The Bertz CT molecular complexity index is 1010. The summed E-state index contributed by atoms with van der Waals surface area (Å²) in [6.45, 7) is 4.44. The standard InChI is InChI=1S/C23H25N3O4/c1-15(2)29-18-9-7-17(8-10-18)22-24-23(30-25-22)20-11-12-21(27)26(20)14-16-5-4-6-19(13-16)28-3/h4-10,13,15,20H,11-12,14H2,1-3H3. The van der Waals surface area contributed by atoms with E-state index in [2.05, 4.69) is 10.1 Å². The first-order chi connectivity index (χ1) is 14.5. The molecule has 1 unspecified atom stereocenters. The fraction of sp³-hybridized carbons (Fsp3) is 0.348. The van der Waals surface area contributed by atoms with E-state index in [1.165, 1.54) is 0 Å². The second-order valence-corrected chi connectivity index (χ2v) is 7.57. The molecule has 0 aliphatic carbocycles. The Kier molecular flexibility index (Phi) is 5.70. The lowest BCUT2D eigenvalue weighted by Crippen LogP contribution is -2.27. The maximum absolute atomic E-state index is 12.5. The van der Waals surface area contributed by atoms with Crippen molar-refractivity contribution in [3.63, 3.8) is 0 Å². The number of nitrogens with zero attached hydrogens (tertiary/aromatic N) is 3. The fourth-order valence-electron chi connectivity index (χ4n) is 3.60. The molecule has 0 radical (unpaired) electrons. The Labute approximate surface area is 175 Å². The van der Waals surface area contributed by atoms with Crippen molar-refractivity contribution < 1.29 is 18.8 Å². The molecular weight excluding hydrogens is 382 g/mol. The van der Waals surface area contributed by atoms with E-state index in [1.54, 1.807) is 12.0 Å². The third-order valence-electron chi connectivity index (χ3n) is 5.03. The van der Waals surface area contributed by atoms with Gasteiger partial charge in [-0.2, -0.15) is 4.98 Å². The number of aromatic nitrogens is 2. The molecule has 0 bridgehead atoms. The Balaban J connectivity index is 1.52. The first-order valence-corrected chi connectivity index (χ1v) is 10.1. The minimum Gasteiger partial charge on any atom is -0.497 e. The molecule has 1 aliphatic heterocycles. The van der Waals surface area contributed by atoms with Crippen LogP contribution < -0.4 is 9.47 Å². The number of carbonyl (C=O) groups excluding carboxylic acids is 1. The van der Waals surface area contributed by atoms with Crippen LogP contribution in [-0.4, -0.2) is 34.2 Å². The number of rotatable bonds is 7. The molecular formula is C23H25N3O4. The second kappa shape index (κ2) is 8.57. The molecule has 2 aromatic carbocycles. The van der Waals surface area contributed by atoms with Crippen LogP contribution >= 0.6 is 0 Å². The van der Waals surface area contributed by atoms with Gasteiger partial charge in [0.05, 0.1) is 13.2 Å². The molecule has 0 spiro atoms. The van der Waals surface area contributed by atoms with E-state index in [9.17, 15) is 4.79 Å². The molecule has 1 aliphatic rings. The van der Waals surface area contributed by atoms with Gasteiger partial charge in [0.25, 0.3) is 0 Å². The highest BCUT2D eigenvalue weighted by Crippen LogP contribution is 2.34. The number of hydrogen-bond donors (Lipinski definition) is 0. The van der Waals surface area contributed by atoms with Crippen molar-refractivity contribution in [3.8, 4) is 22.9 Å². The molecule has 4 rings (SSSR count). The molecule has 1 fully saturated rings. The lowest BCUT2D eigenvalue weighted by Gasteiger charge is -2.22. The van der Waals surface area contributed by atoms with Gasteiger partial charge >= 0.3 is 0 Å². The summed E-state index contributed by atoms with van der Waals surface area (Å²) >= 11 is 0. The number of ether oxygens (including phenoxy) is 2. The highest BCUT2D eigenvalue weighted by Gasteiger charge is 2.36. The van der Waals surface area contributed by atoms with Crippen LogP contribution in [0.3, 0.4) is 0 Å². The molecule has 7 heteroatoms. The molecule has 7 nitrogen and oxygen atoms in total. The number of methoxy groups -OCH3 is 1. The zero-order chi connectivity index (χ0) is 21.1. The van der Waals surface area contributed by atoms with Crippen molar-refractivity contribution in [1.82, 2.24) is 15.0 Å². The summed E-state index contributed by atoms with van der Waals surface area (Å²) in [5, 5.41) is 4.13. The van der Waals surface area contributed by atoms with Gasteiger partial charge in [-0.15, -0.1) is 0 Å². The van der Waals surface area contributed by atoms with Crippen LogP contribution in [0.15, 0.2) is 53.1 Å². The zero-order valence-electron chi connectivity index (χ0n) is 17.4. The van der Waals surface area contributed by atoms with Crippen LogP contribution in [0, 0.1) is 0 Å². The van der Waals surface area contributed by atoms with E-state index >= 15 is 0 Å². The van der Waals surface area contributed by atoms with Crippen molar-refractivity contribution in [2.75, 3.05) is 7.11 Å². The number of likely N-dealkylation sites (tertiary alicyclic amines) is 1. The SMILES string of the molecule is COc1cccc(CN2C(=O)CCC2c2nc(-c3ccc(OC(C)C)cc3)no2)c1. The third kappa shape index (κ3) is 4.30. The Morgan fingerprint density at radius 3 is 2.70 bits per heavy atom. The average Bonchev–Trinajstić information content (AvgIpc) is 3.36. The smallest absolute Gasteiger partial charge is 0.249 e. The van der Waals surface area contributed by atoms with E-state index < -0.39 is 0 Å². The molecule has 1 atom stereocenters. The van der Waals surface area contributed by atoms with Gasteiger partial charge in [-0.3, -0.25) is 4.79 Å². The Morgan fingerprint density at radius 2 is 1.97 bits per heavy atom. The van der Waals surface area contributed by atoms with Gasteiger partial charge in [-0.25, -0.2) is 0 Å². The van der Waals surface area contributed by atoms with Crippen LogP contribution in [0.1, 0.15) is 44.2 Å². The molecule has 3 aromatic rings. The third-order valence-corrected chi connectivity index (χ3v) is 5.03. The molecule has 30 heavy (non-hydrogen) atoms. The number of hydrogen-bond acceptors (Lipinski definition) is 6. The maximum atomic E-state index is 12.5. The van der Waals surface area contributed by atoms with E-state index in [0.717, 1.165) is 22.6 Å². The molecule has 0 saturated carbocycles. The second-order valence-electron chi connectivity index (χ2n) is 7.57. The normalized spacial score (nSPS) is 16.3. The van der Waals surface area contributed by atoms with Gasteiger partial charge in [0.15, 0.2) is 0 Å². The van der Waals surface area contributed by atoms with Crippen LogP contribution in [0.5, 0.6) is 11.5 Å². The Hall–Kier alpha value is -3.35. The molecule has 1 aromatic heterocycles. The quantitative estimate of drug-likeness (QED) is 0.578.